The van der Waals surface area contributed by atoms with E-state index >= 15 is 0 Å². The summed E-state index contributed by atoms with van der Waals surface area (Å²) in [4.78, 5) is 0. The molecular formula is C16H14Cl2O. The average Bonchev–Trinajstić information content (AvgIpc) is 2.41. The molecule has 98 valence electrons. The molecule has 19 heavy (non-hydrogen) atoms. The summed E-state index contributed by atoms with van der Waals surface area (Å²) in [6, 6.07) is 13.9. The van der Waals surface area contributed by atoms with E-state index in [1.54, 1.807) is 0 Å². The zero-order valence-electron chi connectivity index (χ0n) is 10.4. The Bertz CT molecular complexity index is 578. The number of halogens is 2. The van der Waals surface area contributed by atoms with Crippen molar-refractivity contribution in [3.8, 4) is 5.75 Å². The van der Waals surface area contributed by atoms with E-state index in [0.29, 0.717) is 5.92 Å². The quantitative estimate of drug-likeness (QED) is 0.773. The predicted molar refractivity (Wildman–Crippen MR) is 79.3 cm³/mol. The van der Waals surface area contributed by atoms with Gasteiger partial charge in [-0.05, 0) is 54.3 Å². The van der Waals surface area contributed by atoms with Crippen molar-refractivity contribution in [1.29, 1.82) is 0 Å². The van der Waals surface area contributed by atoms with Gasteiger partial charge in [-0.1, -0.05) is 35.3 Å². The van der Waals surface area contributed by atoms with Gasteiger partial charge in [0.15, 0.2) is 0 Å². The highest BCUT2D eigenvalue weighted by Gasteiger charge is 2.20. The Morgan fingerprint density at radius 2 is 1.74 bits per heavy atom. The lowest BCUT2D eigenvalue weighted by Crippen LogP contribution is -2.22. The predicted octanol–water partition coefficient (Wildman–Crippen LogP) is 4.79. The van der Waals surface area contributed by atoms with Crippen LogP contribution in [0.4, 0.5) is 0 Å². The Balaban J connectivity index is 1.73. The average molecular weight is 293 g/mol. The van der Waals surface area contributed by atoms with E-state index in [1.165, 1.54) is 11.1 Å². The number of hydrogen-bond acceptors (Lipinski definition) is 1. The maximum Gasteiger partial charge on any atom is 0.122 e. The molecule has 0 N–H and O–H groups in total. The molecule has 2 aromatic rings. The first-order chi connectivity index (χ1) is 9.20. The van der Waals surface area contributed by atoms with Crippen molar-refractivity contribution in [2.45, 2.75) is 12.8 Å². The van der Waals surface area contributed by atoms with E-state index in [0.717, 1.165) is 35.2 Å². The topological polar surface area (TPSA) is 9.23 Å². The molecule has 0 amide bonds. The van der Waals surface area contributed by atoms with Gasteiger partial charge in [0.05, 0.1) is 6.61 Å². The van der Waals surface area contributed by atoms with Crippen molar-refractivity contribution >= 4 is 23.2 Å². The van der Waals surface area contributed by atoms with E-state index in [4.69, 9.17) is 27.9 Å². The first kappa shape index (κ1) is 12.8. The van der Waals surface area contributed by atoms with Crippen LogP contribution in [0, 0.1) is 5.92 Å². The molecule has 1 heterocycles. The number of hydrogen-bond donors (Lipinski definition) is 0. The number of rotatable bonds is 2. The summed E-state index contributed by atoms with van der Waals surface area (Å²) in [5.74, 6) is 1.46. The summed E-state index contributed by atoms with van der Waals surface area (Å²) in [5, 5.41) is 1.55. The fourth-order valence-electron chi connectivity index (χ4n) is 2.51. The normalized spacial score (nSPS) is 17.7. The number of ether oxygens (including phenoxy) is 1. The molecule has 0 spiro atoms. The molecule has 0 saturated heterocycles. The Morgan fingerprint density at radius 1 is 1.00 bits per heavy atom. The largest absolute Gasteiger partial charge is 0.493 e. The molecular weight excluding hydrogens is 279 g/mol. The molecule has 0 radical (unpaired) electrons. The van der Waals surface area contributed by atoms with Gasteiger partial charge >= 0.3 is 0 Å². The van der Waals surface area contributed by atoms with E-state index in [9.17, 15) is 0 Å². The van der Waals surface area contributed by atoms with Gasteiger partial charge in [-0.25, -0.2) is 0 Å². The second-order valence-corrected chi connectivity index (χ2v) is 5.84. The van der Waals surface area contributed by atoms with Gasteiger partial charge in [0.25, 0.3) is 0 Å². The molecule has 3 heteroatoms. The fourth-order valence-corrected chi connectivity index (χ4v) is 2.83. The van der Waals surface area contributed by atoms with E-state index < -0.39 is 0 Å². The molecule has 2 aromatic carbocycles. The third kappa shape index (κ3) is 3.05. The summed E-state index contributed by atoms with van der Waals surface area (Å²) < 4.78 is 5.80. The van der Waals surface area contributed by atoms with Gasteiger partial charge in [-0.15, -0.1) is 0 Å². The summed E-state index contributed by atoms with van der Waals surface area (Å²) in [6.45, 7) is 0.761. The number of fused-ring (bicyclic) bond motifs is 1. The van der Waals surface area contributed by atoms with Crippen LogP contribution in [-0.4, -0.2) is 6.61 Å². The van der Waals surface area contributed by atoms with Gasteiger partial charge < -0.3 is 4.74 Å². The molecule has 1 nitrogen and oxygen atoms in total. The Labute approximate surface area is 123 Å². The van der Waals surface area contributed by atoms with Crippen molar-refractivity contribution in [3.63, 3.8) is 0 Å². The molecule has 1 unspecified atom stereocenters. The highest BCUT2D eigenvalue weighted by molar-refractivity contribution is 6.30. The van der Waals surface area contributed by atoms with Gasteiger partial charge in [0.2, 0.25) is 0 Å². The zero-order chi connectivity index (χ0) is 13.2. The SMILES string of the molecule is Clc1ccc(CC2COc3ccc(Cl)cc3C2)cc1. The third-order valence-electron chi connectivity index (χ3n) is 3.44. The van der Waals surface area contributed by atoms with Crippen molar-refractivity contribution in [3.05, 3.63) is 63.6 Å². The van der Waals surface area contributed by atoms with Crippen LogP contribution in [0.5, 0.6) is 5.75 Å². The smallest absolute Gasteiger partial charge is 0.122 e. The number of benzene rings is 2. The van der Waals surface area contributed by atoms with Crippen LogP contribution in [0.15, 0.2) is 42.5 Å². The van der Waals surface area contributed by atoms with Crippen molar-refractivity contribution < 1.29 is 4.74 Å². The van der Waals surface area contributed by atoms with Crippen LogP contribution in [0.1, 0.15) is 11.1 Å². The van der Waals surface area contributed by atoms with Crippen LogP contribution in [-0.2, 0) is 12.8 Å². The first-order valence-corrected chi connectivity index (χ1v) is 7.12. The van der Waals surface area contributed by atoms with Gasteiger partial charge in [0, 0.05) is 16.0 Å². The maximum absolute atomic E-state index is 6.03. The van der Waals surface area contributed by atoms with Crippen LogP contribution in [0.25, 0.3) is 0 Å². The summed E-state index contributed by atoms with van der Waals surface area (Å²) >= 11 is 11.9. The van der Waals surface area contributed by atoms with Crippen LogP contribution in [0.3, 0.4) is 0 Å². The minimum absolute atomic E-state index is 0.493. The van der Waals surface area contributed by atoms with Crippen molar-refractivity contribution in [1.82, 2.24) is 0 Å². The Kier molecular flexibility index (Phi) is 3.67. The molecule has 0 aromatic heterocycles. The highest BCUT2D eigenvalue weighted by Crippen LogP contribution is 2.31. The zero-order valence-corrected chi connectivity index (χ0v) is 11.9. The van der Waals surface area contributed by atoms with Gasteiger partial charge in [-0.2, -0.15) is 0 Å². The highest BCUT2D eigenvalue weighted by atomic mass is 35.5. The van der Waals surface area contributed by atoms with Crippen LogP contribution in [0.2, 0.25) is 10.0 Å². The van der Waals surface area contributed by atoms with Crippen LogP contribution < -0.4 is 4.74 Å². The standard InChI is InChI=1S/C16H14Cl2O/c17-14-3-1-11(2-4-14)7-12-8-13-9-15(18)5-6-16(13)19-10-12/h1-6,9,12H,7-8,10H2. The van der Waals surface area contributed by atoms with Gasteiger partial charge in [0.1, 0.15) is 5.75 Å². The van der Waals surface area contributed by atoms with E-state index in [1.807, 2.05) is 30.3 Å². The molecule has 0 fully saturated rings. The maximum atomic E-state index is 6.03. The molecule has 1 aliphatic rings. The fraction of sp³-hybridized carbons (Fsp3) is 0.250. The second-order valence-electron chi connectivity index (χ2n) is 4.96. The molecule has 1 aliphatic heterocycles. The lowest BCUT2D eigenvalue weighted by molar-refractivity contribution is 0.221. The van der Waals surface area contributed by atoms with Gasteiger partial charge in [-0.3, -0.25) is 0 Å². The molecule has 1 atom stereocenters. The Morgan fingerprint density at radius 3 is 2.53 bits per heavy atom. The molecule has 0 aliphatic carbocycles. The van der Waals surface area contributed by atoms with E-state index in [-0.39, 0.29) is 0 Å². The molecule has 0 bridgehead atoms. The summed E-state index contributed by atoms with van der Waals surface area (Å²) in [5.41, 5.74) is 2.50. The van der Waals surface area contributed by atoms with E-state index in [2.05, 4.69) is 12.1 Å². The first-order valence-electron chi connectivity index (χ1n) is 6.36. The van der Waals surface area contributed by atoms with Crippen molar-refractivity contribution in [2.24, 2.45) is 5.92 Å². The Hall–Kier alpha value is -1.18. The molecule has 0 saturated carbocycles. The minimum atomic E-state index is 0.493. The summed E-state index contributed by atoms with van der Waals surface area (Å²) in [6.07, 6.45) is 2.02. The summed E-state index contributed by atoms with van der Waals surface area (Å²) in [7, 11) is 0. The minimum Gasteiger partial charge on any atom is -0.493 e. The second kappa shape index (κ2) is 5.44. The molecule has 3 rings (SSSR count). The monoisotopic (exact) mass is 292 g/mol. The van der Waals surface area contributed by atoms with Crippen molar-refractivity contribution in [2.75, 3.05) is 6.61 Å². The van der Waals surface area contributed by atoms with Crippen LogP contribution >= 0.6 is 23.2 Å². The third-order valence-corrected chi connectivity index (χ3v) is 3.93. The lowest BCUT2D eigenvalue weighted by atomic mass is 9.91. The lowest BCUT2D eigenvalue weighted by Gasteiger charge is -2.25.